The standard InChI is InChI=1S/C15H14ClN3O2S/c1-8-13(22-7-17-8)15(21)19-18-14(20)12-6-11(12)9-3-2-4-10(16)5-9/h2-5,7,11-12H,6H2,1H3,(H,18,20)(H,19,21)/t11-,12-/m0/s1. The lowest BCUT2D eigenvalue weighted by Crippen LogP contribution is -2.42. The zero-order valence-electron chi connectivity index (χ0n) is 11.8. The summed E-state index contributed by atoms with van der Waals surface area (Å²) in [7, 11) is 0. The zero-order valence-corrected chi connectivity index (χ0v) is 13.4. The molecule has 1 aromatic heterocycles. The number of aryl methyl sites for hydroxylation is 1. The third-order valence-electron chi connectivity index (χ3n) is 3.66. The lowest BCUT2D eigenvalue weighted by molar-refractivity contribution is -0.123. The molecule has 0 radical (unpaired) electrons. The van der Waals surface area contributed by atoms with Crippen molar-refractivity contribution in [2.45, 2.75) is 19.3 Å². The van der Waals surface area contributed by atoms with E-state index in [1.54, 1.807) is 18.5 Å². The quantitative estimate of drug-likeness (QED) is 0.847. The average molecular weight is 336 g/mol. The molecule has 0 bridgehead atoms. The SMILES string of the molecule is Cc1ncsc1C(=O)NNC(=O)[C@H]1C[C@H]1c1cccc(Cl)c1. The van der Waals surface area contributed by atoms with Crippen LogP contribution in [0.2, 0.25) is 5.02 Å². The minimum Gasteiger partial charge on any atom is -0.273 e. The molecule has 0 unspecified atom stereocenters. The maximum Gasteiger partial charge on any atom is 0.281 e. The van der Waals surface area contributed by atoms with Crippen LogP contribution in [0.1, 0.15) is 33.3 Å². The summed E-state index contributed by atoms with van der Waals surface area (Å²) in [6.45, 7) is 1.75. The molecule has 0 spiro atoms. The number of nitrogens with one attached hydrogen (secondary N) is 2. The van der Waals surface area contributed by atoms with Gasteiger partial charge in [-0.15, -0.1) is 11.3 Å². The van der Waals surface area contributed by atoms with E-state index in [1.807, 2.05) is 18.2 Å². The van der Waals surface area contributed by atoms with Gasteiger partial charge in [-0.1, -0.05) is 23.7 Å². The van der Waals surface area contributed by atoms with Gasteiger partial charge < -0.3 is 0 Å². The van der Waals surface area contributed by atoms with E-state index >= 15 is 0 Å². The number of carbonyl (C=O) groups excluding carboxylic acids is 2. The van der Waals surface area contributed by atoms with Gasteiger partial charge in [-0.3, -0.25) is 20.4 Å². The van der Waals surface area contributed by atoms with E-state index in [0.29, 0.717) is 15.6 Å². The van der Waals surface area contributed by atoms with E-state index < -0.39 is 0 Å². The first-order valence-corrected chi connectivity index (χ1v) is 8.08. The van der Waals surface area contributed by atoms with Crippen LogP contribution < -0.4 is 10.9 Å². The van der Waals surface area contributed by atoms with Crippen molar-refractivity contribution >= 4 is 34.8 Å². The first kappa shape index (κ1) is 15.0. The second-order valence-corrected chi connectivity index (χ2v) is 6.51. The summed E-state index contributed by atoms with van der Waals surface area (Å²) in [6, 6.07) is 7.52. The molecule has 2 atom stereocenters. The second kappa shape index (κ2) is 6.06. The van der Waals surface area contributed by atoms with Crippen molar-refractivity contribution in [3.63, 3.8) is 0 Å². The van der Waals surface area contributed by atoms with Crippen LogP contribution in [0.4, 0.5) is 0 Å². The highest BCUT2D eigenvalue weighted by Crippen LogP contribution is 2.47. The van der Waals surface area contributed by atoms with Gasteiger partial charge >= 0.3 is 0 Å². The molecule has 3 rings (SSSR count). The smallest absolute Gasteiger partial charge is 0.273 e. The molecule has 22 heavy (non-hydrogen) atoms. The Morgan fingerprint density at radius 1 is 1.36 bits per heavy atom. The Morgan fingerprint density at radius 2 is 2.18 bits per heavy atom. The van der Waals surface area contributed by atoms with Gasteiger partial charge in [0.15, 0.2) is 0 Å². The highest BCUT2D eigenvalue weighted by atomic mass is 35.5. The van der Waals surface area contributed by atoms with Gasteiger partial charge in [0.2, 0.25) is 5.91 Å². The minimum absolute atomic E-state index is 0.124. The van der Waals surface area contributed by atoms with E-state index in [1.165, 1.54) is 11.3 Å². The summed E-state index contributed by atoms with van der Waals surface area (Å²) in [4.78, 5) is 28.5. The molecule has 2 N–H and O–H groups in total. The van der Waals surface area contributed by atoms with Crippen molar-refractivity contribution in [1.82, 2.24) is 15.8 Å². The van der Waals surface area contributed by atoms with Gasteiger partial charge in [0.05, 0.1) is 11.2 Å². The van der Waals surface area contributed by atoms with E-state index in [4.69, 9.17) is 11.6 Å². The molecule has 1 heterocycles. The van der Waals surface area contributed by atoms with Gasteiger partial charge in [-0.05, 0) is 37.0 Å². The van der Waals surface area contributed by atoms with E-state index in [2.05, 4.69) is 15.8 Å². The lowest BCUT2D eigenvalue weighted by atomic mass is 10.1. The maximum atomic E-state index is 12.1. The largest absolute Gasteiger partial charge is 0.281 e. The fraction of sp³-hybridized carbons (Fsp3) is 0.267. The maximum absolute atomic E-state index is 12.1. The average Bonchev–Trinajstić information content (AvgIpc) is 3.19. The number of aromatic nitrogens is 1. The number of hydrogen-bond acceptors (Lipinski definition) is 4. The Bertz CT molecular complexity index is 731. The molecule has 114 valence electrons. The molecule has 1 saturated carbocycles. The van der Waals surface area contributed by atoms with Gasteiger partial charge in [0.25, 0.3) is 5.91 Å². The van der Waals surface area contributed by atoms with Gasteiger partial charge in [0.1, 0.15) is 4.88 Å². The molecule has 2 aromatic rings. The van der Waals surface area contributed by atoms with Crippen molar-refractivity contribution in [2.24, 2.45) is 5.92 Å². The summed E-state index contributed by atoms with van der Waals surface area (Å²) in [5, 5.41) is 0.664. The molecule has 1 aromatic carbocycles. The topological polar surface area (TPSA) is 71.1 Å². The fourth-order valence-electron chi connectivity index (χ4n) is 2.38. The van der Waals surface area contributed by atoms with Crippen molar-refractivity contribution in [3.8, 4) is 0 Å². The number of amides is 2. The van der Waals surface area contributed by atoms with Crippen molar-refractivity contribution in [2.75, 3.05) is 0 Å². The number of carbonyl (C=O) groups is 2. The van der Waals surface area contributed by atoms with Crippen LogP contribution >= 0.6 is 22.9 Å². The molecule has 1 aliphatic carbocycles. The second-order valence-electron chi connectivity index (χ2n) is 5.21. The Balaban J connectivity index is 1.54. The number of thiazole rings is 1. The van der Waals surface area contributed by atoms with Gasteiger partial charge in [-0.2, -0.15) is 0 Å². The minimum atomic E-state index is -0.340. The van der Waals surface area contributed by atoms with Crippen LogP contribution in [-0.2, 0) is 4.79 Å². The number of benzene rings is 1. The third-order valence-corrected chi connectivity index (χ3v) is 4.82. The fourth-order valence-corrected chi connectivity index (χ4v) is 3.27. The Labute approximate surface area is 136 Å². The zero-order chi connectivity index (χ0) is 15.7. The number of rotatable bonds is 3. The van der Waals surface area contributed by atoms with Crippen molar-refractivity contribution in [1.29, 1.82) is 0 Å². The predicted molar refractivity (Wildman–Crippen MR) is 84.8 cm³/mol. The van der Waals surface area contributed by atoms with E-state index in [-0.39, 0.29) is 23.7 Å². The Morgan fingerprint density at radius 3 is 2.86 bits per heavy atom. The lowest BCUT2D eigenvalue weighted by Gasteiger charge is -2.06. The molecule has 0 saturated heterocycles. The third kappa shape index (κ3) is 3.13. The number of hydrazine groups is 1. The van der Waals surface area contributed by atoms with Crippen molar-refractivity contribution in [3.05, 3.63) is 50.9 Å². The highest BCUT2D eigenvalue weighted by molar-refractivity contribution is 7.11. The molecule has 1 aliphatic rings. The van der Waals surface area contributed by atoms with Crippen LogP contribution in [-0.4, -0.2) is 16.8 Å². The van der Waals surface area contributed by atoms with Crippen LogP contribution in [0.25, 0.3) is 0 Å². The first-order chi connectivity index (χ1) is 10.6. The highest BCUT2D eigenvalue weighted by Gasteiger charge is 2.44. The molecular weight excluding hydrogens is 322 g/mol. The van der Waals surface area contributed by atoms with Crippen molar-refractivity contribution < 1.29 is 9.59 Å². The molecule has 1 fully saturated rings. The van der Waals surface area contributed by atoms with Crippen LogP contribution in [0.15, 0.2) is 29.8 Å². The van der Waals surface area contributed by atoms with Crippen LogP contribution in [0.3, 0.4) is 0 Å². The normalized spacial score (nSPS) is 19.5. The van der Waals surface area contributed by atoms with Gasteiger partial charge in [0, 0.05) is 10.9 Å². The van der Waals surface area contributed by atoms with E-state index in [0.717, 1.165) is 12.0 Å². The summed E-state index contributed by atoms with van der Waals surface area (Å²) in [5.41, 5.74) is 8.22. The molecule has 2 amide bonds. The number of halogens is 1. The monoisotopic (exact) mass is 335 g/mol. The summed E-state index contributed by atoms with van der Waals surface area (Å²) in [6.07, 6.45) is 0.766. The number of nitrogens with zero attached hydrogens (tertiary/aromatic N) is 1. The molecule has 7 heteroatoms. The predicted octanol–water partition coefficient (Wildman–Crippen LogP) is 2.67. The van der Waals surface area contributed by atoms with Crippen LogP contribution in [0, 0.1) is 12.8 Å². The molecule has 0 aliphatic heterocycles. The summed E-state index contributed by atoms with van der Waals surface area (Å²) in [5.74, 6) is -0.476. The Kier molecular flexibility index (Phi) is 4.13. The first-order valence-electron chi connectivity index (χ1n) is 6.82. The Hall–Kier alpha value is -1.92. The van der Waals surface area contributed by atoms with Crippen LogP contribution in [0.5, 0.6) is 0 Å². The molecule has 5 nitrogen and oxygen atoms in total. The molecular formula is C15H14ClN3O2S. The summed E-state index contributed by atoms with van der Waals surface area (Å²) < 4.78 is 0. The summed E-state index contributed by atoms with van der Waals surface area (Å²) >= 11 is 7.20. The van der Waals surface area contributed by atoms with E-state index in [9.17, 15) is 9.59 Å². The van der Waals surface area contributed by atoms with Gasteiger partial charge in [-0.25, -0.2) is 4.98 Å². The number of hydrogen-bond donors (Lipinski definition) is 2.